The minimum Gasteiger partial charge on any atom is -0.369 e. The topological polar surface area (TPSA) is 26.8 Å². The number of piperazine rings is 1. The van der Waals surface area contributed by atoms with E-state index in [-0.39, 0.29) is 5.82 Å². The highest BCUT2D eigenvalue weighted by Crippen LogP contribution is 2.22. The van der Waals surface area contributed by atoms with Gasteiger partial charge in [0.1, 0.15) is 5.82 Å². The summed E-state index contributed by atoms with van der Waals surface area (Å²) in [6, 6.07) is 7.08. The molecule has 1 aromatic rings. The Labute approximate surface area is 144 Å². The van der Waals surface area contributed by atoms with Crippen LogP contribution < -0.4 is 4.90 Å². The van der Waals surface area contributed by atoms with Crippen molar-refractivity contribution in [3.8, 4) is 0 Å². The average molecular weight is 333 g/mol. The molecule has 1 atom stereocenters. The Bertz CT molecular complexity index is 552. The molecular formula is C19H28FN3O. The lowest BCUT2D eigenvalue weighted by Crippen LogP contribution is -2.51. The number of anilines is 1. The van der Waals surface area contributed by atoms with Crippen molar-refractivity contribution in [3.05, 3.63) is 30.1 Å². The van der Waals surface area contributed by atoms with Gasteiger partial charge in [0.2, 0.25) is 5.91 Å². The first kappa shape index (κ1) is 17.2. The van der Waals surface area contributed by atoms with Gasteiger partial charge >= 0.3 is 0 Å². The summed E-state index contributed by atoms with van der Waals surface area (Å²) in [7, 11) is 0. The molecule has 24 heavy (non-hydrogen) atoms. The van der Waals surface area contributed by atoms with Crippen molar-refractivity contribution in [2.75, 3.05) is 44.2 Å². The van der Waals surface area contributed by atoms with Gasteiger partial charge in [-0.1, -0.05) is 0 Å². The second kappa shape index (κ2) is 7.51. The zero-order valence-corrected chi connectivity index (χ0v) is 14.7. The molecule has 1 amide bonds. The van der Waals surface area contributed by atoms with Crippen molar-refractivity contribution in [2.24, 2.45) is 5.92 Å². The first-order chi connectivity index (χ1) is 11.5. The van der Waals surface area contributed by atoms with Crippen LogP contribution in [0.2, 0.25) is 0 Å². The van der Waals surface area contributed by atoms with Crippen LogP contribution in [0.15, 0.2) is 24.3 Å². The molecule has 132 valence electrons. The van der Waals surface area contributed by atoms with Gasteiger partial charge in [-0.15, -0.1) is 0 Å². The van der Waals surface area contributed by atoms with E-state index in [1.807, 2.05) is 17.0 Å². The van der Waals surface area contributed by atoms with Crippen LogP contribution in [0.25, 0.3) is 0 Å². The third kappa shape index (κ3) is 4.07. The van der Waals surface area contributed by atoms with Gasteiger partial charge in [0.25, 0.3) is 0 Å². The van der Waals surface area contributed by atoms with Crippen LogP contribution in [0.1, 0.15) is 26.7 Å². The summed E-state index contributed by atoms with van der Waals surface area (Å²) >= 11 is 0. The maximum atomic E-state index is 13.0. The monoisotopic (exact) mass is 333 g/mol. The third-order valence-corrected chi connectivity index (χ3v) is 5.25. The van der Waals surface area contributed by atoms with Crippen molar-refractivity contribution < 1.29 is 9.18 Å². The van der Waals surface area contributed by atoms with E-state index < -0.39 is 0 Å². The number of nitrogens with zero attached hydrogens (tertiary/aromatic N) is 3. The highest BCUT2D eigenvalue weighted by atomic mass is 19.1. The van der Waals surface area contributed by atoms with Gasteiger partial charge < -0.3 is 9.80 Å². The lowest BCUT2D eigenvalue weighted by atomic mass is 9.95. The minimum atomic E-state index is -0.182. The Balaban J connectivity index is 1.48. The van der Waals surface area contributed by atoms with E-state index in [2.05, 4.69) is 23.6 Å². The van der Waals surface area contributed by atoms with Crippen molar-refractivity contribution in [1.29, 1.82) is 0 Å². The molecule has 2 aliphatic heterocycles. The van der Waals surface area contributed by atoms with Gasteiger partial charge in [-0.25, -0.2) is 4.39 Å². The number of rotatable bonds is 4. The van der Waals surface area contributed by atoms with Gasteiger partial charge in [0.15, 0.2) is 0 Å². The predicted octanol–water partition coefficient (Wildman–Crippen LogP) is 2.59. The molecule has 0 bridgehead atoms. The lowest BCUT2D eigenvalue weighted by molar-refractivity contribution is -0.136. The Morgan fingerprint density at radius 3 is 2.42 bits per heavy atom. The van der Waals surface area contributed by atoms with Crippen LogP contribution in [0.3, 0.4) is 0 Å². The lowest BCUT2D eigenvalue weighted by Gasteiger charge is -2.40. The zero-order chi connectivity index (χ0) is 17.1. The molecule has 0 aromatic heterocycles. The molecule has 0 aliphatic carbocycles. The summed E-state index contributed by atoms with van der Waals surface area (Å²) in [5.74, 6) is 0.712. The van der Waals surface area contributed by atoms with Gasteiger partial charge in [-0.05, 0) is 50.5 Å². The van der Waals surface area contributed by atoms with Gasteiger partial charge in [0.05, 0.1) is 0 Å². The molecule has 2 aliphatic rings. The maximum Gasteiger partial charge on any atom is 0.222 e. The molecule has 4 nitrogen and oxygen atoms in total. The van der Waals surface area contributed by atoms with Gasteiger partial charge in [-0.2, -0.15) is 0 Å². The highest BCUT2D eigenvalue weighted by Gasteiger charge is 2.29. The second-order valence-electron chi connectivity index (χ2n) is 7.31. The summed E-state index contributed by atoms with van der Waals surface area (Å²) < 4.78 is 13.0. The number of likely N-dealkylation sites (tertiary alicyclic amines) is 1. The Hall–Kier alpha value is -1.62. The summed E-state index contributed by atoms with van der Waals surface area (Å²) in [5.41, 5.74) is 1.10. The van der Waals surface area contributed by atoms with E-state index >= 15 is 0 Å². The number of hydrogen-bond acceptors (Lipinski definition) is 3. The van der Waals surface area contributed by atoms with Crippen LogP contribution in [0.5, 0.6) is 0 Å². The van der Waals surface area contributed by atoms with Crippen LogP contribution in [-0.2, 0) is 4.79 Å². The van der Waals surface area contributed by atoms with E-state index in [0.29, 0.717) is 24.3 Å². The highest BCUT2D eigenvalue weighted by molar-refractivity contribution is 5.77. The Morgan fingerprint density at radius 2 is 1.79 bits per heavy atom. The van der Waals surface area contributed by atoms with Crippen molar-refractivity contribution in [3.63, 3.8) is 0 Å². The fourth-order valence-electron chi connectivity index (χ4n) is 3.80. The molecule has 5 heteroatoms. The number of amides is 1. The van der Waals surface area contributed by atoms with Gasteiger partial charge in [-0.3, -0.25) is 9.69 Å². The van der Waals surface area contributed by atoms with Crippen molar-refractivity contribution in [2.45, 2.75) is 32.7 Å². The first-order valence-corrected chi connectivity index (χ1v) is 9.05. The molecular weight excluding hydrogens is 305 g/mol. The molecule has 2 heterocycles. The average Bonchev–Trinajstić information content (AvgIpc) is 2.58. The molecule has 0 N–H and O–H groups in total. The van der Waals surface area contributed by atoms with E-state index in [4.69, 9.17) is 0 Å². The minimum absolute atomic E-state index is 0.182. The standard InChI is InChI=1S/C19H28FN3O/c1-15(2)23-14-16(3-8-19(23)24)13-21-9-11-22(12-10-21)18-6-4-17(20)5-7-18/h4-7,15-16H,3,8-14H2,1-2H3. The van der Waals surface area contributed by atoms with Crippen LogP contribution in [0.4, 0.5) is 10.1 Å². The molecule has 0 saturated carbocycles. The maximum absolute atomic E-state index is 13.0. The molecule has 0 spiro atoms. The normalized spacial score (nSPS) is 23.2. The zero-order valence-electron chi connectivity index (χ0n) is 14.7. The van der Waals surface area contributed by atoms with E-state index in [1.165, 1.54) is 12.1 Å². The van der Waals surface area contributed by atoms with Crippen molar-refractivity contribution >= 4 is 11.6 Å². The number of carbonyl (C=O) groups is 1. The summed E-state index contributed by atoms with van der Waals surface area (Å²) in [6.45, 7) is 10.2. The number of benzene rings is 1. The van der Waals surface area contributed by atoms with Gasteiger partial charge in [0, 0.05) is 57.4 Å². The largest absolute Gasteiger partial charge is 0.369 e. The first-order valence-electron chi connectivity index (χ1n) is 9.05. The summed E-state index contributed by atoms with van der Waals surface area (Å²) in [6.07, 6.45) is 1.71. The molecule has 3 rings (SSSR count). The fraction of sp³-hybridized carbons (Fsp3) is 0.632. The smallest absolute Gasteiger partial charge is 0.222 e. The number of carbonyl (C=O) groups excluding carboxylic acids is 1. The number of hydrogen-bond donors (Lipinski definition) is 0. The van der Waals surface area contributed by atoms with E-state index in [9.17, 15) is 9.18 Å². The molecule has 1 unspecified atom stereocenters. The van der Waals surface area contributed by atoms with Crippen LogP contribution in [0, 0.1) is 11.7 Å². The molecule has 1 aromatic carbocycles. The summed E-state index contributed by atoms with van der Waals surface area (Å²) in [5, 5.41) is 0. The summed E-state index contributed by atoms with van der Waals surface area (Å²) in [4.78, 5) is 18.8. The number of piperidine rings is 1. The Morgan fingerprint density at radius 1 is 1.12 bits per heavy atom. The third-order valence-electron chi connectivity index (χ3n) is 5.25. The van der Waals surface area contributed by atoms with Crippen molar-refractivity contribution in [1.82, 2.24) is 9.80 Å². The van der Waals surface area contributed by atoms with Crippen LogP contribution >= 0.6 is 0 Å². The number of halogens is 1. The van der Waals surface area contributed by atoms with E-state index in [0.717, 1.165) is 51.4 Å². The molecule has 2 fully saturated rings. The SMILES string of the molecule is CC(C)N1CC(CN2CCN(c3ccc(F)cc3)CC2)CCC1=O. The van der Waals surface area contributed by atoms with E-state index in [1.54, 1.807) is 0 Å². The quantitative estimate of drug-likeness (QED) is 0.847. The molecule has 2 saturated heterocycles. The predicted molar refractivity (Wildman–Crippen MR) is 94.6 cm³/mol. The molecule has 0 radical (unpaired) electrons. The Kier molecular flexibility index (Phi) is 5.39. The fourth-order valence-corrected chi connectivity index (χ4v) is 3.80. The van der Waals surface area contributed by atoms with Crippen LogP contribution in [-0.4, -0.2) is 61.0 Å². The second-order valence-corrected chi connectivity index (χ2v) is 7.31.